The zero-order chi connectivity index (χ0) is 18.9. The molecular weight excluding hydrogens is 467 g/mol. The maximum absolute atomic E-state index is 5.69. The lowest BCUT2D eigenvalue weighted by Crippen LogP contribution is -2.44. The normalized spacial score (nSPS) is 19.3. The summed E-state index contributed by atoms with van der Waals surface area (Å²) in [4.78, 5) is 7.09. The van der Waals surface area contributed by atoms with Crippen LogP contribution in [0.3, 0.4) is 0 Å². The summed E-state index contributed by atoms with van der Waals surface area (Å²) in [6, 6.07) is 8.61. The highest BCUT2D eigenvalue weighted by Crippen LogP contribution is 2.30. The van der Waals surface area contributed by atoms with Crippen molar-refractivity contribution in [2.24, 2.45) is 10.9 Å². The van der Waals surface area contributed by atoms with Crippen molar-refractivity contribution in [3.8, 4) is 5.75 Å². The molecule has 1 heterocycles. The van der Waals surface area contributed by atoms with Crippen LogP contribution in [0.4, 0.5) is 5.69 Å². The maximum atomic E-state index is 5.69. The van der Waals surface area contributed by atoms with Gasteiger partial charge in [0.2, 0.25) is 0 Å². The van der Waals surface area contributed by atoms with E-state index in [4.69, 9.17) is 14.5 Å². The Morgan fingerprint density at radius 3 is 2.82 bits per heavy atom. The van der Waals surface area contributed by atoms with Crippen molar-refractivity contribution in [2.45, 2.75) is 38.6 Å². The minimum atomic E-state index is 0. The van der Waals surface area contributed by atoms with Crippen molar-refractivity contribution < 1.29 is 9.47 Å². The molecule has 0 aromatic heterocycles. The number of ether oxygens (including phenoxy) is 2. The highest BCUT2D eigenvalue weighted by Gasteiger charge is 2.25. The van der Waals surface area contributed by atoms with Crippen molar-refractivity contribution in [3.63, 3.8) is 0 Å². The summed E-state index contributed by atoms with van der Waals surface area (Å²) in [5.41, 5.74) is 1.17. The van der Waals surface area contributed by atoms with E-state index in [1.807, 2.05) is 12.1 Å². The van der Waals surface area contributed by atoms with Gasteiger partial charge in [0, 0.05) is 45.4 Å². The van der Waals surface area contributed by atoms with E-state index in [-0.39, 0.29) is 24.0 Å². The number of hydrogen-bond acceptors (Lipinski definition) is 4. The Morgan fingerprint density at radius 1 is 1.25 bits per heavy atom. The van der Waals surface area contributed by atoms with Crippen LogP contribution >= 0.6 is 24.0 Å². The fourth-order valence-electron chi connectivity index (χ4n) is 3.39. The second kappa shape index (κ2) is 12.4. The van der Waals surface area contributed by atoms with Crippen molar-refractivity contribution >= 4 is 35.6 Å². The molecule has 1 aliphatic carbocycles. The number of halogens is 1. The Kier molecular flexibility index (Phi) is 10.2. The van der Waals surface area contributed by atoms with Gasteiger partial charge >= 0.3 is 0 Å². The Morgan fingerprint density at radius 2 is 2.07 bits per heavy atom. The lowest BCUT2D eigenvalue weighted by molar-refractivity contribution is 0.123. The predicted molar refractivity (Wildman–Crippen MR) is 126 cm³/mol. The van der Waals surface area contributed by atoms with Crippen molar-refractivity contribution in [1.82, 2.24) is 10.6 Å². The molecule has 2 fully saturated rings. The first-order valence-corrected chi connectivity index (χ1v) is 10.3. The number of para-hydroxylation sites is 2. The summed E-state index contributed by atoms with van der Waals surface area (Å²) >= 11 is 0. The van der Waals surface area contributed by atoms with Gasteiger partial charge in [0.1, 0.15) is 5.75 Å². The molecule has 2 N–H and O–H groups in total. The molecule has 1 aliphatic heterocycles. The number of benzene rings is 1. The number of nitrogens with one attached hydrogen (secondary N) is 2. The third-order valence-electron chi connectivity index (χ3n) is 5.07. The van der Waals surface area contributed by atoms with Crippen LogP contribution in [0.2, 0.25) is 0 Å². The van der Waals surface area contributed by atoms with Gasteiger partial charge in [0.15, 0.2) is 5.96 Å². The molecule has 1 atom stereocenters. The average molecular weight is 502 g/mol. The van der Waals surface area contributed by atoms with Crippen LogP contribution in [-0.2, 0) is 4.74 Å². The molecule has 1 saturated carbocycles. The topological polar surface area (TPSA) is 58.1 Å². The molecule has 0 radical (unpaired) electrons. The Labute approximate surface area is 186 Å². The van der Waals surface area contributed by atoms with Crippen LogP contribution in [0.5, 0.6) is 5.75 Å². The first-order valence-electron chi connectivity index (χ1n) is 10.3. The minimum Gasteiger partial charge on any atom is -0.495 e. The van der Waals surface area contributed by atoms with E-state index in [1.54, 1.807) is 7.11 Å². The molecule has 1 aromatic rings. The summed E-state index contributed by atoms with van der Waals surface area (Å²) in [7, 11) is 1.73. The van der Waals surface area contributed by atoms with Crippen LogP contribution in [0, 0.1) is 5.92 Å². The lowest BCUT2D eigenvalue weighted by atomic mass is 10.2. The molecule has 3 rings (SSSR count). The highest BCUT2D eigenvalue weighted by molar-refractivity contribution is 14.0. The molecular formula is C21H35IN4O2. The summed E-state index contributed by atoms with van der Waals surface area (Å²) in [6.07, 6.45) is 4.76. The van der Waals surface area contributed by atoms with Crippen LogP contribution < -0.4 is 20.3 Å². The number of rotatable bonds is 10. The lowest BCUT2D eigenvalue weighted by Gasteiger charge is -2.22. The number of aliphatic imine (C=N–C) groups is 1. The van der Waals surface area contributed by atoms with Crippen LogP contribution in [0.25, 0.3) is 0 Å². The smallest absolute Gasteiger partial charge is 0.191 e. The minimum absolute atomic E-state index is 0. The number of methoxy groups -OCH3 is 1. The van der Waals surface area contributed by atoms with Gasteiger partial charge in [-0.05, 0) is 50.7 Å². The van der Waals surface area contributed by atoms with Gasteiger partial charge < -0.3 is 25.0 Å². The standard InChI is InChI=1S/C21H34N4O2.HI/c1-3-22-21(23-12-6-14-27-16-17-9-10-17)24-18-11-13-25(15-18)19-7-4-5-8-20(19)26-2;/h4-5,7-8,17-18H,3,6,9-16H2,1-2H3,(H2,22,23,24);1H. The second-order valence-corrected chi connectivity index (χ2v) is 7.38. The van der Waals surface area contributed by atoms with Gasteiger partial charge in [-0.1, -0.05) is 12.1 Å². The molecule has 158 valence electrons. The molecule has 0 bridgehead atoms. The van der Waals surface area contributed by atoms with Crippen LogP contribution in [0.15, 0.2) is 29.3 Å². The first-order chi connectivity index (χ1) is 13.3. The monoisotopic (exact) mass is 502 g/mol. The third kappa shape index (κ3) is 7.31. The largest absolute Gasteiger partial charge is 0.495 e. The van der Waals surface area contributed by atoms with Gasteiger partial charge in [-0.15, -0.1) is 24.0 Å². The first kappa shape index (κ1) is 23.1. The molecule has 1 unspecified atom stereocenters. The van der Waals surface area contributed by atoms with Crippen molar-refractivity contribution in [2.75, 3.05) is 51.4 Å². The highest BCUT2D eigenvalue weighted by atomic mass is 127. The number of anilines is 1. The van der Waals surface area contributed by atoms with Gasteiger partial charge in [0.25, 0.3) is 0 Å². The zero-order valence-corrected chi connectivity index (χ0v) is 19.5. The van der Waals surface area contributed by atoms with E-state index in [9.17, 15) is 0 Å². The van der Waals surface area contributed by atoms with Gasteiger partial charge in [-0.3, -0.25) is 4.99 Å². The summed E-state index contributed by atoms with van der Waals surface area (Å²) < 4.78 is 11.2. The molecule has 1 saturated heterocycles. The molecule has 2 aliphatic rings. The van der Waals surface area contributed by atoms with E-state index in [1.165, 1.54) is 18.5 Å². The summed E-state index contributed by atoms with van der Waals surface area (Å²) in [5, 5.41) is 6.95. The fourth-order valence-corrected chi connectivity index (χ4v) is 3.39. The molecule has 0 amide bonds. The van der Waals surface area contributed by atoms with E-state index in [0.717, 1.165) is 69.9 Å². The molecule has 6 nitrogen and oxygen atoms in total. The predicted octanol–water partition coefficient (Wildman–Crippen LogP) is 3.26. The Hall–Kier alpha value is -1.22. The van der Waals surface area contributed by atoms with E-state index in [2.05, 4.69) is 34.6 Å². The molecule has 1 aromatic carbocycles. The Bertz CT molecular complexity index is 610. The SMILES string of the molecule is CCNC(=NCCCOCC1CC1)NC1CCN(c2ccccc2OC)C1.I. The third-order valence-corrected chi connectivity index (χ3v) is 5.07. The summed E-state index contributed by atoms with van der Waals surface area (Å²) in [5.74, 6) is 2.68. The van der Waals surface area contributed by atoms with Gasteiger partial charge in [0.05, 0.1) is 12.8 Å². The number of hydrogen-bond donors (Lipinski definition) is 2. The van der Waals surface area contributed by atoms with E-state index >= 15 is 0 Å². The zero-order valence-electron chi connectivity index (χ0n) is 17.2. The van der Waals surface area contributed by atoms with Gasteiger partial charge in [-0.2, -0.15) is 0 Å². The van der Waals surface area contributed by atoms with Crippen molar-refractivity contribution in [1.29, 1.82) is 0 Å². The number of guanidine groups is 1. The quantitative estimate of drug-likeness (QED) is 0.223. The number of nitrogens with zero attached hydrogens (tertiary/aromatic N) is 2. The fraction of sp³-hybridized carbons (Fsp3) is 0.667. The molecule has 0 spiro atoms. The van der Waals surface area contributed by atoms with Gasteiger partial charge in [-0.25, -0.2) is 0 Å². The van der Waals surface area contributed by atoms with Crippen molar-refractivity contribution in [3.05, 3.63) is 24.3 Å². The average Bonchev–Trinajstić information content (AvgIpc) is 3.41. The second-order valence-electron chi connectivity index (χ2n) is 7.38. The molecule has 7 heteroatoms. The summed E-state index contributed by atoms with van der Waals surface area (Å²) in [6.45, 7) is 7.48. The van der Waals surface area contributed by atoms with Crippen LogP contribution in [0.1, 0.15) is 32.6 Å². The van der Waals surface area contributed by atoms with Crippen LogP contribution in [-0.4, -0.2) is 58.5 Å². The van der Waals surface area contributed by atoms with E-state index in [0.29, 0.717) is 6.04 Å². The molecule has 28 heavy (non-hydrogen) atoms. The van der Waals surface area contributed by atoms with E-state index < -0.39 is 0 Å². The Balaban J connectivity index is 0.00000280. The maximum Gasteiger partial charge on any atom is 0.191 e.